The number of amides is 2. The number of morpholine rings is 1. The Labute approximate surface area is 124 Å². The molecule has 2 amide bonds. The normalized spacial score (nSPS) is 22.9. The molecule has 2 aliphatic rings. The number of thioether (sulfide) groups is 1. The molecule has 0 bridgehead atoms. The Balaban J connectivity index is 1.64. The van der Waals surface area contributed by atoms with Crippen molar-refractivity contribution in [2.45, 2.75) is 12.5 Å². The summed E-state index contributed by atoms with van der Waals surface area (Å²) in [5.41, 5.74) is 0. The number of nitrogens with zero attached hydrogens (tertiary/aromatic N) is 2. The van der Waals surface area contributed by atoms with Crippen molar-refractivity contribution in [1.82, 2.24) is 15.1 Å². The van der Waals surface area contributed by atoms with Crippen molar-refractivity contribution in [3.05, 3.63) is 0 Å². The van der Waals surface area contributed by atoms with E-state index < -0.39 is 0 Å². The quantitative estimate of drug-likeness (QED) is 0.735. The average molecular weight is 301 g/mol. The van der Waals surface area contributed by atoms with E-state index in [4.69, 9.17) is 4.74 Å². The van der Waals surface area contributed by atoms with Crippen LogP contribution >= 0.6 is 11.8 Å². The van der Waals surface area contributed by atoms with Gasteiger partial charge in [-0.1, -0.05) is 0 Å². The van der Waals surface area contributed by atoms with Gasteiger partial charge >= 0.3 is 0 Å². The third-order valence-electron chi connectivity index (χ3n) is 3.79. The minimum absolute atomic E-state index is 0.108. The second kappa shape index (κ2) is 7.85. The molecule has 114 valence electrons. The molecule has 0 spiro atoms. The minimum Gasteiger partial charge on any atom is -0.378 e. The summed E-state index contributed by atoms with van der Waals surface area (Å²) in [6.07, 6.45) is 1.01. The highest BCUT2D eigenvalue weighted by Gasteiger charge is 2.23. The lowest BCUT2D eigenvalue weighted by molar-refractivity contribution is -0.132. The molecule has 6 nitrogen and oxygen atoms in total. The van der Waals surface area contributed by atoms with E-state index in [1.165, 1.54) is 11.8 Å². The van der Waals surface area contributed by atoms with Crippen LogP contribution in [-0.2, 0) is 14.3 Å². The van der Waals surface area contributed by atoms with Crippen molar-refractivity contribution >= 4 is 23.6 Å². The Morgan fingerprint density at radius 1 is 1.35 bits per heavy atom. The summed E-state index contributed by atoms with van der Waals surface area (Å²) in [7, 11) is 1.85. The van der Waals surface area contributed by atoms with Gasteiger partial charge in [-0.15, -0.1) is 11.8 Å². The summed E-state index contributed by atoms with van der Waals surface area (Å²) in [6, 6.07) is 0.304. The lowest BCUT2D eigenvalue weighted by atomic mass is 10.2. The van der Waals surface area contributed by atoms with Crippen molar-refractivity contribution in [2.75, 3.05) is 57.9 Å². The second-order valence-electron chi connectivity index (χ2n) is 5.14. The van der Waals surface area contributed by atoms with Crippen molar-refractivity contribution in [3.8, 4) is 0 Å². The molecular formula is C13H23N3O3S. The van der Waals surface area contributed by atoms with Crippen LogP contribution in [0.3, 0.4) is 0 Å². The number of carbonyl (C=O) groups is 2. The van der Waals surface area contributed by atoms with E-state index in [9.17, 15) is 9.59 Å². The van der Waals surface area contributed by atoms with E-state index in [0.717, 1.165) is 19.5 Å². The minimum atomic E-state index is 0.108. The third-order valence-corrected chi connectivity index (χ3v) is 4.69. The fourth-order valence-electron chi connectivity index (χ4n) is 2.41. The van der Waals surface area contributed by atoms with Gasteiger partial charge in [0.25, 0.3) is 0 Å². The number of rotatable bonds is 5. The van der Waals surface area contributed by atoms with Crippen LogP contribution in [0.15, 0.2) is 0 Å². The zero-order valence-electron chi connectivity index (χ0n) is 12.0. The number of likely N-dealkylation sites (N-methyl/N-ethyl adjacent to an activating group) is 1. The van der Waals surface area contributed by atoms with E-state index in [1.54, 1.807) is 0 Å². The van der Waals surface area contributed by atoms with Gasteiger partial charge in [0.15, 0.2) is 0 Å². The maximum atomic E-state index is 12.0. The van der Waals surface area contributed by atoms with Crippen LogP contribution in [0.5, 0.6) is 0 Å². The SMILES string of the molecule is CN(C(=O)CSCC(=O)N1CCOCC1)C1CCNC1. The lowest BCUT2D eigenvalue weighted by Crippen LogP contribution is -2.42. The van der Waals surface area contributed by atoms with E-state index in [-0.39, 0.29) is 11.8 Å². The van der Waals surface area contributed by atoms with Crippen LogP contribution in [0.1, 0.15) is 6.42 Å². The fourth-order valence-corrected chi connectivity index (χ4v) is 3.24. The predicted octanol–water partition coefficient (Wildman–Crippen LogP) is -0.601. The summed E-state index contributed by atoms with van der Waals surface area (Å²) in [5, 5.41) is 3.25. The molecule has 1 unspecified atom stereocenters. The predicted molar refractivity (Wildman–Crippen MR) is 78.8 cm³/mol. The first-order chi connectivity index (χ1) is 9.68. The van der Waals surface area contributed by atoms with E-state index in [2.05, 4.69) is 5.32 Å². The molecule has 0 saturated carbocycles. The van der Waals surface area contributed by atoms with Gasteiger partial charge in [0, 0.05) is 32.7 Å². The lowest BCUT2D eigenvalue weighted by Gasteiger charge is -2.27. The third kappa shape index (κ3) is 4.36. The Hall–Kier alpha value is -0.790. The molecule has 0 radical (unpaired) electrons. The molecule has 2 heterocycles. The topological polar surface area (TPSA) is 61.9 Å². The molecule has 0 aromatic rings. The van der Waals surface area contributed by atoms with E-state index in [1.807, 2.05) is 16.8 Å². The molecule has 7 heteroatoms. The van der Waals surface area contributed by atoms with Crippen LogP contribution in [0.25, 0.3) is 0 Å². The van der Waals surface area contributed by atoms with Crippen LogP contribution in [0, 0.1) is 0 Å². The Bertz CT molecular complexity index is 342. The number of nitrogens with one attached hydrogen (secondary N) is 1. The smallest absolute Gasteiger partial charge is 0.232 e. The van der Waals surface area contributed by atoms with Crippen molar-refractivity contribution in [3.63, 3.8) is 0 Å². The van der Waals surface area contributed by atoms with Gasteiger partial charge in [-0.2, -0.15) is 0 Å². The number of hydrogen-bond acceptors (Lipinski definition) is 5. The average Bonchev–Trinajstić information content (AvgIpc) is 3.01. The summed E-state index contributed by atoms with van der Waals surface area (Å²) < 4.78 is 5.21. The molecular weight excluding hydrogens is 278 g/mol. The molecule has 0 aromatic heterocycles. The molecule has 0 aliphatic carbocycles. The highest BCUT2D eigenvalue weighted by molar-refractivity contribution is 8.00. The zero-order chi connectivity index (χ0) is 14.4. The van der Waals surface area contributed by atoms with Gasteiger partial charge < -0.3 is 19.9 Å². The Morgan fingerprint density at radius 3 is 2.75 bits per heavy atom. The van der Waals surface area contributed by atoms with Crippen LogP contribution in [0.4, 0.5) is 0 Å². The summed E-state index contributed by atoms with van der Waals surface area (Å²) in [4.78, 5) is 27.6. The summed E-state index contributed by atoms with van der Waals surface area (Å²) >= 11 is 1.41. The summed E-state index contributed by atoms with van der Waals surface area (Å²) in [6.45, 7) is 4.42. The maximum absolute atomic E-state index is 12.0. The first-order valence-electron chi connectivity index (χ1n) is 7.08. The van der Waals surface area contributed by atoms with Crippen LogP contribution in [-0.4, -0.2) is 85.6 Å². The molecule has 1 atom stereocenters. The molecule has 2 fully saturated rings. The number of ether oxygens (including phenoxy) is 1. The standard InChI is InChI=1S/C13H23N3O3S/c1-15(11-2-3-14-8-11)12(17)9-20-10-13(18)16-4-6-19-7-5-16/h11,14H,2-10H2,1H3. The van der Waals surface area contributed by atoms with Crippen molar-refractivity contribution in [2.24, 2.45) is 0 Å². The van der Waals surface area contributed by atoms with Crippen molar-refractivity contribution < 1.29 is 14.3 Å². The second-order valence-corrected chi connectivity index (χ2v) is 6.12. The highest BCUT2D eigenvalue weighted by Crippen LogP contribution is 2.10. The molecule has 0 aromatic carbocycles. The largest absolute Gasteiger partial charge is 0.378 e. The monoisotopic (exact) mass is 301 g/mol. The van der Waals surface area contributed by atoms with Gasteiger partial charge in [-0.25, -0.2) is 0 Å². The van der Waals surface area contributed by atoms with Gasteiger partial charge in [0.1, 0.15) is 0 Å². The number of carbonyl (C=O) groups excluding carboxylic acids is 2. The molecule has 2 rings (SSSR count). The maximum Gasteiger partial charge on any atom is 0.232 e. The van der Waals surface area contributed by atoms with E-state index >= 15 is 0 Å². The van der Waals surface area contributed by atoms with Crippen molar-refractivity contribution in [1.29, 1.82) is 0 Å². The Kier molecular flexibility index (Phi) is 6.12. The molecule has 2 saturated heterocycles. The van der Waals surface area contributed by atoms with Crippen LogP contribution in [0.2, 0.25) is 0 Å². The molecule has 1 N–H and O–H groups in total. The van der Waals surface area contributed by atoms with Gasteiger partial charge in [-0.3, -0.25) is 9.59 Å². The van der Waals surface area contributed by atoms with E-state index in [0.29, 0.717) is 43.9 Å². The zero-order valence-corrected chi connectivity index (χ0v) is 12.8. The van der Waals surface area contributed by atoms with Crippen LogP contribution < -0.4 is 5.32 Å². The molecule has 2 aliphatic heterocycles. The highest BCUT2D eigenvalue weighted by atomic mass is 32.2. The fraction of sp³-hybridized carbons (Fsp3) is 0.846. The number of hydrogen-bond donors (Lipinski definition) is 1. The first kappa shape index (κ1) is 15.6. The van der Waals surface area contributed by atoms with Gasteiger partial charge in [0.2, 0.25) is 11.8 Å². The van der Waals surface area contributed by atoms with Gasteiger partial charge in [0.05, 0.1) is 24.7 Å². The Morgan fingerprint density at radius 2 is 2.10 bits per heavy atom. The van der Waals surface area contributed by atoms with Gasteiger partial charge in [-0.05, 0) is 13.0 Å². The first-order valence-corrected chi connectivity index (χ1v) is 8.23. The summed E-state index contributed by atoms with van der Waals surface area (Å²) in [5.74, 6) is 0.973. The molecule has 20 heavy (non-hydrogen) atoms.